The molecule has 1 unspecified atom stereocenters. The topological polar surface area (TPSA) is 103 Å². The molecule has 0 saturated carbocycles. The second-order valence-corrected chi connectivity index (χ2v) is 8.52. The Morgan fingerprint density at radius 3 is 2.61 bits per heavy atom. The normalized spacial score (nSPS) is 16.5. The second kappa shape index (κ2) is 8.30. The Bertz CT molecular complexity index is 1170. The SMILES string of the molecule is CN(CC#Cc1ccc2c(c1)n(C)c(=O)n2C1CCC(=O)NC1=O)C(=O)OC(C)(C)C. The fraction of sp³-hybridized carbons (Fsp3) is 0.455. The first-order chi connectivity index (χ1) is 14.5. The minimum absolute atomic E-state index is 0.184. The molecule has 3 rings (SSSR count). The number of piperidine rings is 1. The minimum Gasteiger partial charge on any atom is -0.444 e. The van der Waals surface area contributed by atoms with Crippen molar-refractivity contribution in [2.75, 3.05) is 13.6 Å². The molecule has 9 heteroatoms. The van der Waals surface area contributed by atoms with Crippen LogP contribution in [0.2, 0.25) is 0 Å². The van der Waals surface area contributed by atoms with Crippen LogP contribution in [0.5, 0.6) is 0 Å². The van der Waals surface area contributed by atoms with Gasteiger partial charge in [0, 0.05) is 26.1 Å². The van der Waals surface area contributed by atoms with Gasteiger partial charge in [-0.1, -0.05) is 11.8 Å². The molecule has 1 saturated heterocycles. The van der Waals surface area contributed by atoms with Crippen molar-refractivity contribution in [2.45, 2.75) is 45.3 Å². The summed E-state index contributed by atoms with van der Waals surface area (Å²) in [4.78, 5) is 49.9. The van der Waals surface area contributed by atoms with Crippen molar-refractivity contribution >= 4 is 28.9 Å². The summed E-state index contributed by atoms with van der Waals surface area (Å²) in [5.41, 5.74) is 0.977. The summed E-state index contributed by atoms with van der Waals surface area (Å²) in [6, 6.07) is 4.53. The van der Waals surface area contributed by atoms with E-state index < -0.39 is 23.6 Å². The van der Waals surface area contributed by atoms with Crippen molar-refractivity contribution in [2.24, 2.45) is 7.05 Å². The molecular weight excluding hydrogens is 400 g/mol. The number of benzene rings is 1. The number of carbonyl (C=O) groups is 3. The smallest absolute Gasteiger partial charge is 0.410 e. The summed E-state index contributed by atoms with van der Waals surface area (Å²) in [5.74, 6) is 5.11. The van der Waals surface area contributed by atoms with E-state index in [2.05, 4.69) is 17.2 Å². The number of hydrogen-bond donors (Lipinski definition) is 1. The van der Waals surface area contributed by atoms with Crippen molar-refractivity contribution in [1.82, 2.24) is 19.4 Å². The number of ether oxygens (including phenoxy) is 1. The summed E-state index contributed by atoms with van der Waals surface area (Å²) in [6.45, 7) is 5.57. The maximum Gasteiger partial charge on any atom is 0.410 e. The van der Waals surface area contributed by atoms with E-state index in [1.807, 2.05) is 0 Å². The number of carbonyl (C=O) groups excluding carboxylic acids is 3. The van der Waals surface area contributed by atoms with Crippen molar-refractivity contribution in [3.05, 3.63) is 34.2 Å². The molecule has 0 bridgehead atoms. The molecule has 1 aliphatic heterocycles. The van der Waals surface area contributed by atoms with Crippen LogP contribution in [0, 0.1) is 11.8 Å². The minimum atomic E-state index is -0.728. The lowest BCUT2D eigenvalue weighted by Gasteiger charge is -2.23. The van der Waals surface area contributed by atoms with Crippen LogP contribution in [0.4, 0.5) is 4.79 Å². The number of hydrogen-bond acceptors (Lipinski definition) is 5. The van der Waals surface area contributed by atoms with Crippen LogP contribution in [0.1, 0.15) is 45.2 Å². The Morgan fingerprint density at radius 2 is 1.97 bits per heavy atom. The number of aryl methyl sites for hydroxylation is 1. The molecule has 0 spiro atoms. The molecule has 31 heavy (non-hydrogen) atoms. The van der Waals surface area contributed by atoms with Gasteiger partial charge in [0.25, 0.3) is 0 Å². The number of imidazole rings is 1. The van der Waals surface area contributed by atoms with Crippen molar-refractivity contribution in [3.63, 3.8) is 0 Å². The van der Waals surface area contributed by atoms with Gasteiger partial charge in [0.2, 0.25) is 11.8 Å². The van der Waals surface area contributed by atoms with Gasteiger partial charge in [0.1, 0.15) is 11.6 Å². The van der Waals surface area contributed by atoms with Crippen LogP contribution >= 0.6 is 0 Å². The van der Waals surface area contributed by atoms with Gasteiger partial charge in [-0.15, -0.1) is 0 Å². The third-order valence-corrected chi connectivity index (χ3v) is 4.87. The molecule has 9 nitrogen and oxygen atoms in total. The molecule has 1 atom stereocenters. The lowest BCUT2D eigenvalue weighted by atomic mass is 10.1. The van der Waals surface area contributed by atoms with Crippen molar-refractivity contribution < 1.29 is 19.1 Å². The van der Waals surface area contributed by atoms with E-state index >= 15 is 0 Å². The molecule has 2 heterocycles. The zero-order valence-corrected chi connectivity index (χ0v) is 18.3. The molecule has 1 aromatic carbocycles. The van der Waals surface area contributed by atoms with Gasteiger partial charge in [-0.3, -0.25) is 24.0 Å². The predicted molar refractivity (Wildman–Crippen MR) is 114 cm³/mol. The molecule has 2 aromatic rings. The number of rotatable bonds is 2. The number of nitrogens with one attached hydrogen (secondary N) is 1. The maximum atomic E-state index is 12.8. The molecule has 1 aromatic heterocycles. The van der Waals surface area contributed by atoms with E-state index in [9.17, 15) is 19.2 Å². The molecule has 1 N–H and O–H groups in total. The lowest BCUT2D eigenvalue weighted by molar-refractivity contribution is -0.135. The zero-order valence-electron chi connectivity index (χ0n) is 18.3. The summed E-state index contributed by atoms with van der Waals surface area (Å²) in [5, 5.41) is 2.29. The first-order valence-corrected chi connectivity index (χ1v) is 9.95. The summed E-state index contributed by atoms with van der Waals surface area (Å²) in [7, 11) is 3.23. The monoisotopic (exact) mass is 426 g/mol. The maximum absolute atomic E-state index is 12.8. The fourth-order valence-electron chi connectivity index (χ4n) is 3.34. The second-order valence-electron chi connectivity index (χ2n) is 8.52. The van der Waals surface area contributed by atoms with Gasteiger partial charge in [-0.25, -0.2) is 9.59 Å². The highest BCUT2D eigenvalue weighted by atomic mass is 16.6. The Kier molecular flexibility index (Phi) is 5.93. The largest absolute Gasteiger partial charge is 0.444 e. The Hall–Kier alpha value is -3.54. The predicted octanol–water partition coefficient (Wildman–Crippen LogP) is 1.54. The third kappa shape index (κ3) is 4.79. The highest BCUT2D eigenvalue weighted by Gasteiger charge is 2.31. The first-order valence-electron chi connectivity index (χ1n) is 9.95. The van der Waals surface area contributed by atoms with E-state index in [-0.39, 0.29) is 31.0 Å². The third-order valence-electron chi connectivity index (χ3n) is 4.87. The van der Waals surface area contributed by atoms with Crippen LogP contribution in [0.25, 0.3) is 11.0 Å². The van der Waals surface area contributed by atoms with Crippen molar-refractivity contribution in [3.8, 4) is 11.8 Å². The Morgan fingerprint density at radius 1 is 1.26 bits per heavy atom. The number of aromatic nitrogens is 2. The average molecular weight is 426 g/mol. The van der Waals surface area contributed by atoms with E-state index in [1.54, 1.807) is 53.1 Å². The molecule has 3 amide bonds. The van der Waals surface area contributed by atoms with Crippen LogP contribution < -0.4 is 11.0 Å². The van der Waals surface area contributed by atoms with Crippen molar-refractivity contribution in [1.29, 1.82) is 0 Å². The molecule has 0 aliphatic carbocycles. The average Bonchev–Trinajstić information content (AvgIpc) is 2.91. The van der Waals surface area contributed by atoms with Gasteiger partial charge in [-0.05, 0) is 45.4 Å². The summed E-state index contributed by atoms with van der Waals surface area (Å²) < 4.78 is 8.17. The van der Waals surface area contributed by atoms with Crippen LogP contribution in [-0.4, -0.2) is 51.1 Å². The van der Waals surface area contributed by atoms with E-state index in [0.717, 1.165) is 0 Å². The highest BCUT2D eigenvalue weighted by Crippen LogP contribution is 2.23. The molecule has 1 fully saturated rings. The number of imide groups is 1. The van der Waals surface area contributed by atoms with Crippen LogP contribution in [-0.2, 0) is 21.4 Å². The molecule has 1 aliphatic rings. The van der Waals surface area contributed by atoms with Gasteiger partial charge >= 0.3 is 11.8 Å². The van der Waals surface area contributed by atoms with Gasteiger partial charge in [0.15, 0.2) is 0 Å². The number of amides is 3. The molecular formula is C22H26N4O5. The lowest BCUT2D eigenvalue weighted by Crippen LogP contribution is -2.44. The summed E-state index contributed by atoms with van der Waals surface area (Å²) >= 11 is 0. The van der Waals surface area contributed by atoms with Crippen LogP contribution in [0.15, 0.2) is 23.0 Å². The quantitative estimate of drug-likeness (QED) is 0.580. The zero-order chi connectivity index (χ0) is 22.9. The van der Waals surface area contributed by atoms with E-state index in [0.29, 0.717) is 16.6 Å². The van der Waals surface area contributed by atoms with Gasteiger partial charge < -0.3 is 9.64 Å². The van der Waals surface area contributed by atoms with Gasteiger partial charge in [-0.2, -0.15) is 0 Å². The fourth-order valence-corrected chi connectivity index (χ4v) is 3.34. The molecule has 164 valence electrons. The van der Waals surface area contributed by atoms with Crippen LogP contribution in [0.3, 0.4) is 0 Å². The van der Waals surface area contributed by atoms with E-state index in [1.165, 1.54) is 14.0 Å². The summed E-state index contributed by atoms with van der Waals surface area (Å²) in [6.07, 6.45) is 0.0110. The highest BCUT2D eigenvalue weighted by molar-refractivity contribution is 6.00. The Labute approximate surface area is 179 Å². The number of nitrogens with zero attached hydrogens (tertiary/aromatic N) is 3. The number of fused-ring (bicyclic) bond motifs is 1. The standard InChI is InChI=1S/C22H26N4O5/c1-22(2,3)31-21(30)24(4)12-6-7-14-8-9-15-17(13-14)25(5)20(29)26(15)16-10-11-18(27)23-19(16)28/h8-9,13,16H,10-12H2,1-5H3,(H,23,27,28). The van der Waals surface area contributed by atoms with Gasteiger partial charge in [0.05, 0.1) is 17.6 Å². The molecule has 0 radical (unpaired) electrons. The Balaban J connectivity index is 1.84. The first kappa shape index (κ1) is 22.2. The van der Waals surface area contributed by atoms with E-state index in [4.69, 9.17) is 4.74 Å².